The third-order valence-electron chi connectivity index (χ3n) is 3.36. The maximum atomic E-state index is 12.0. The summed E-state index contributed by atoms with van der Waals surface area (Å²) in [7, 11) is 0. The first-order chi connectivity index (χ1) is 11.6. The van der Waals surface area contributed by atoms with E-state index in [1.54, 1.807) is 0 Å². The quantitative estimate of drug-likeness (QED) is 0.250. The molecule has 0 saturated heterocycles. The van der Waals surface area contributed by atoms with Crippen molar-refractivity contribution in [2.45, 2.75) is 12.8 Å². The van der Waals surface area contributed by atoms with E-state index < -0.39 is 0 Å². The van der Waals surface area contributed by atoms with E-state index in [1.165, 1.54) is 0 Å². The molecule has 0 aliphatic heterocycles. The van der Waals surface area contributed by atoms with Gasteiger partial charge in [0.15, 0.2) is 0 Å². The van der Waals surface area contributed by atoms with Crippen LogP contribution in [0.25, 0.3) is 10.8 Å². The van der Waals surface area contributed by atoms with Gasteiger partial charge < -0.3 is 40.8 Å². The topological polar surface area (TPSA) is 70.2 Å². The van der Waals surface area contributed by atoms with Crippen LogP contribution in [0.1, 0.15) is 12.8 Å². The number of anilines is 1. The van der Waals surface area contributed by atoms with Crippen molar-refractivity contribution < 1.29 is 39.1 Å². The van der Waals surface area contributed by atoms with Gasteiger partial charge in [-0.25, -0.2) is 0 Å². The third-order valence-corrected chi connectivity index (χ3v) is 3.65. The van der Waals surface area contributed by atoms with Crippen molar-refractivity contribution in [1.29, 1.82) is 0 Å². The molecule has 8 heteroatoms. The minimum atomic E-state index is -0.189. The zero-order valence-corrected chi connectivity index (χ0v) is 17.6. The number of amides is 2. The Hall–Kier alpha value is -1.25. The molecule has 0 spiro atoms. The maximum Gasteiger partial charge on any atom is 1.00 e. The monoisotopic (exact) mass is 383 g/mol. The van der Waals surface area contributed by atoms with Crippen LogP contribution in [0.4, 0.5) is 5.69 Å². The third kappa shape index (κ3) is 7.66. The number of nitrogens with one attached hydrogen (secondary N) is 3. The van der Waals surface area contributed by atoms with Crippen LogP contribution < -0.4 is 45.5 Å². The second kappa shape index (κ2) is 11.4. The first-order valence-corrected chi connectivity index (χ1v) is 8.37. The van der Waals surface area contributed by atoms with Crippen LogP contribution in [-0.2, 0) is 22.2 Å². The molecule has 2 aromatic rings. The number of carbonyl (C=O) groups excluding carboxylic acids is 2. The fourth-order valence-electron chi connectivity index (χ4n) is 2.23. The molecule has 0 radical (unpaired) electrons. The summed E-state index contributed by atoms with van der Waals surface area (Å²) in [5.41, 5.74) is 0.752. The van der Waals surface area contributed by atoms with E-state index in [2.05, 4.69) is 16.0 Å². The number of hydrogen-bond donors (Lipinski definition) is 3. The van der Waals surface area contributed by atoms with E-state index in [-0.39, 0.29) is 58.5 Å². The molecule has 126 valence electrons. The number of fused-ring (bicyclic) bond motifs is 1. The fraction of sp³-hybridized carbons (Fsp3) is 0.235. The van der Waals surface area contributed by atoms with E-state index in [4.69, 9.17) is 24.8 Å². The van der Waals surface area contributed by atoms with Crippen molar-refractivity contribution in [2.75, 3.05) is 18.4 Å². The Kier molecular flexibility index (Phi) is 9.92. The summed E-state index contributed by atoms with van der Waals surface area (Å²) in [4.78, 5) is 23.7. The van der Waals surface area contributed by atoms with Gasteiger partial charge in [-0.3, -0.25) is 9.59 Å². The van der Waals surface area contributed by atoms with Crippen molar-refractivity contribution in [3.05, 3.63) is 42.5 Å². The van der Waals surface area contributed by atoms with Crippen LogP contribution in [0.3, 0.4) is 0 Å². The van der Waals surface area contributed by atoms with Crippen LogP contribution in [0.2, 0.25) is 0 Å². The predicted molar refractivity (Wildman–Crippen MR) is 103 cm³/mol. The Morgan fingerprint density at radius 1 is 0.920 bits per heavy atom. The van der Waals surface area contributed by atoms with Gasteiger partial charge in [-0.05, 0) is 11.5 Å². The number of carbonyl (C=O) groups is 2. The summed E-state index contributed by atoms with van der Waals surface area (Å²) in [6, 6.07) is 13.5. The Bertz CT molecular complexity index is 750. The molecule has 0 bridgehead atoms. The molecule has 2 amide bonds. The average molecular weight is 383 g/mol. The minimum absolute atomic E-state index is 0. The van der Waals surface area contributed by atoms with Gasteiger partial charge in [0.1, 0.15) is 0 Å². The smallest absolute Gasteiger partial charge is 0.412 e. The maximum absolute atomic E-state index is 12.0. The van der Waals surface area contributed by atoms with Crippen molar-refractivity contribution >= 4 is 57.4 Å². The Balaban J connectivity index is 0.00000312. The molecule has 0 atom stereocenters. The van der Waals surface area contributed by atoms with E-state index in [9.17, 15) is 9.59 Å². The van der Waals surface area contributed by atoms with Gasteiger partial charge in [0, 0.05) is 37.0 Å². The minimum Gasteiger partial charge on any atom is -0.412 e. The summed E-state index contributed by atoms with van der Waals surface area (Å²) < 4.78 is 0.277. The molecule has 0 aromatic heterocycles. The Morgan fingerprint density at radius 2 is 1.56 bits per heavy atom. The van der Waals surface area contributed by atoms with Crippen LogP contribution in [0.5, 0.6) is 0 Å². The molecule has 5 nitrogen and oxygen atoms in total. The van der Waals surface area contributed by atoms with Crippen LogP contribution in [0, 0.1) is 0 Å². The van der Waals surface area contributed by atoms with Crippen molar-refractivity contribution in [3.63, 3.8) is 0 Å². The normalized spacial score (nSPS) is 9.76. The molecule has 0 aliphatic carbocycles. The Morgan fingerprint density at radius 3 is 2.32 bits per heavy atom. The SMILES string of the molecule is O=C(CCC(=O)Nc1cccc2ccccc12)NCCNC(=S)[S-].[Na+]. The molecule has 0 saturated carbocycles. The zero-order valence-electron chi connectivity index (χ0n) is 14.0. The van der Waals surface area contributed by atoms with Crippen LogP contribution >= 0.6 is 12.2 Å². The summed E-state index contributed by atoms with van der Waals surface area (Å²) in [5, 5.41) is 10.4. The van der Waals surface area contributed by atoms with Gasteiger partial charge in [-0.1, -0.05) is 40.7 Å². The number of benzene rings is 2. The van der Waals surface area contributed by atoms with E-state index in [0.29, 0.717) is 13.1 Å². The van der Waals surface area contributed by atoms with E-state index in [1.807, 2.05) is 42.5 Å². The van der Waals surface area contributed by atoms with Crippen molar-refractivity contribution in [1.82, 2.24) is 10.6 Å². The van der Waals surface area contributed by atoms with Gasteiger partial charge in [0.2, 0.25) is 11.8 Å². The first-order valence-electron chi connectivity index (χ1n) is 7.55. The zero-order chi connectivity index (χ0) is 17.4. The van der Waals surface area contributed by atoms with E-state index in [0.717, 1.165) is 16.5 Å². The van der Waals surface area contributed by atoms with Gasteiger partial charge in [0.05, 0.1) is 0 Å². The Labute approximate surface area is 180 Å². The number of thiocarbonyl (C=S) groups is 1. The van der Waals surface area contributed by atoms with Gasteiger partial charge in [-0.15, -0.1) is 0 Å². The molecule has 25 heavy (non-hydrogen) atoms. The summed E-state index contributed by atoms with van der Waals surface area (Å²) in [5.74, 6) is -0.369. The van der Waals surface area contributed by atoms with E-state index >= 15 is 0 Å². The number of rotatable bonds is 7. The second-order valence-corrected chi connectivity index (χ2v) is 6.21. The van der Waals surface area contributed by atoms with Gasteiger partial charge in [0.25, 0.3) is 0 Å². The number of hydrogen-bond acceptors (Lipinski definition) is 4. The van der Waals surface area contributed by atoms with Crippen LogP contribution in [0.15, 0.2) is 42.5 Å². The summed E-state index contributed by atoms with van der Waals surface area (Å²) >= 11 is 9.39. The molecule has 0 heterocycles. The molecule has 2 aromatic carbocycles. The average Bonchev–Trinajstić information content (AvgIpc) is 2.57. The van der Waals surface area contributed by atoms with Crippen LogP contribution in [-0.4, -0.2) is 29.2 Å². The van der Waals surface area contributed by atoms with Gasteiger partial charge in [-0.2, -0.15) is 0 Å². The molecular weight excluding hydrogens is 365 g/mol. The molecule has 0 unspecified atom stereocenters. The standard InChI is InChI=1S/C17H19N3O2S2.Na/c21-15(18-10-11-19-17(23)24)8-9-16(22)20-14-7-3-5-12-4-1-2-6-13(12)14;/h1-7H,8-11H2,(H,18,21)(H,20,22)(H2,19,23,24);/q;+1/p-1. The molecule has 0 aliphatic rings. The molecule has 2 rings (SSSR count). The first kappa shape index (κ1) is 21.8. The molecule has 0 fully saturated rings. The fourth-order valence-corrected chi connectivity index (χ4v) is 2.43. The summed E-state index contributed by atoms with van der Waals surface area (Å²) in [6.45, 7) is 0.900. The van der Waals surface area contributed by atoms with Crippen molar-refractivity contribution in [2.24, 2.45) is 0 Å². The second-order valence-electron chi connectivity index (χ2n) is 5.14. The van der Waals surface area contributed by atoms with Crippen molar-refractivity contribution in [3.8, 4) is 0 Å². The molecular formula is C17H18N3NaO2S2. The summed E-state index contributed by atoms with van der Waals surface area (Å²) in [6.07, 6.45) is 0.261. The predicted octanol–water partition coefficient (Wildman–Crippen LogP) is -0.900. The molecule has 3 N–H and O–H groups in total. The largest absolute Gasteiger partial charge is 1.00 e. The van der Waals surface area contributed by atoms with Gasteiger partial charge >= 0.3 is 29.6 Å².